The van der Waals surface area contributed by atoms with Gasteiger partial charge in [0.2, 0.25) is 0 Å². The molecule has 2 N–H and O–H groups in total. The Balaban J connectivity index is 1.41. The maximum atomic E-state index is 5.30. The Morgan fingerprint density at radius 2 is 1.89 bits per heavy atom. The molecule has 0 bridgehead atoms. The maximum absolute atomic E-state index is 5.30. The average molecular weight is 506 g/mol. The first-order chi connectivity index (χ1) is 18.6. The number of H-pyrrole nitrogens is 1. The minimum absolute atomic E-state index is 0.171. The fourth-order valence-corrected chi connectivity index (χ4v) is 5.47. The number of benzene rings is 1. The van der Waals surface area contributed by atoms with Gasteiger partial charge in [-0.1, -0.05) is 44.2 Å². The first-order valence-electron chi connectivity index (χ1n) is 13.5. The molecule has 3 aromatic heterocycles. The highest BCUT2D eigenvalue weighted by Crippen LogP contribution is 2.44. The van der Waals surface area contributed by atoms with Gasteiger partial charge in [0.25, 0.3) is 0 Å². The Morgan fingerprint density at radius 3 is 2.63 bits per heavy atom. The molecule has 194 valence electrons. The van der Waals surface area contributed by atoms with Gasteiger partial charge in [0.1, 0.15) is 11.5 Å². The molecule has 0 amide bonds. The van der Waals surface area contributed by atoms with E-state index in [-0.39, 0.29) is 5.41 Å². The standard InChI is InChI=1S/C31H35N7/c1-31(2,23-7-5-4-6-8-23)27-17-24-22(11-12-35-29(24)37-27)18-36-30(38-15-13-33-14-16-38)28-25(21-9-10-21)19-34-20-26(28)32-3/h4-8,11-12,17,19-21,33H,3,9-10,13-16,18H2,1-2H3,(H,35,37). The molecule has 0 radical (unpaired) electrons. The largest absolute Gasteiger partial charge is 0.354 e. The van der Waals surface area contributed by atoms with E-state index >= 15 is 0 Å². The van der Waals surface area contributed by atoms with E-state index in [9.17, 15) is 0 Å². The zero-order valence-corrected chi connectivity index (χ0v) is 22.2. The van der Waals surface area contributed by atoms with Crippen molar-refractivity contribution in [2.75, 3.05) is 26.2 Å². The summed E-state index contributed by atoms with van der Waals surface area (Å²) in [5, 5.41) is 4.59. The third-order valence-corrected chi connectivity index (χ3v) is 7.97. The molecule has 2 aliphatic rings. The van der Waals surface area contributed by atoms with Crippen molar-refractivity contribution in [3.8, 4) is 0 Å². The summed E-state index contributed by atoms with van der Waals surface area (Å²) in [5.74, 6) is 1.54. The first-order valence-corrected chi connectivity index (χ1v) is 13.5. The van der Waals surface area contributed by atoms with Crippen molar-refractivity contribution < 1.29 is 0 Å². The number of hydrogen-bond donors (Lipinski definition) is 2. The summed E-state index contributed by atoms with van der Waals surface area (Å²) in [7, 11) is 0. The Hall–Kier alpha value is -3.84. The highest BCUT2D eigenvalue weighted by molar-refractivity contribution is 6.04. The summed E-state index contributed by atoms with van der Waals surface area (Å²) >= 11 is 0. The molecule has 1 aliphatic heterocycles. The van der Waals surface area contributed by atoms with Gasteiger partial charge in [-0.2, -0.15) is 0 Å². The van der Waals surface area contributed by atoms with Crippen LogP contribution in [0.3, 0.4) is 0 Å². The number of aliphatic imine (C=N–C) groups is 2. The van der Waals surface area contributed by atoms with Crippen LogP contribution in [0.1, 0.15) is 60.6 Å². The second-order valence-electron chi connectivity index (χ2n) is 10.8. The summed E-state index contributed by atoms with van der Waals surface area (Å²) in [6, 6.07) is 15.0. The Labute approximate surface area is 224 Å². The zero-order chi connectivity index (χ0) is 26.1. The van der Waals surface area contributed by atoms with Crippen LogP contribution in [-0.2, 0) is 12.0 Å². The molecule has 0 spiro atoms. The van der Waals surface area contributed by atoms with Gasteiger partial charge in [0.15, 0.2) is 0 Å². The monoisotopic (exact) mass is 505 g/mol. The van der Waals surface area contributed by atoms with Crippen LogP contribution in [-0.4, -0.2) is 58.6 Å². The quantitative estimate of drug-likeness (QED) is 0.262. The molecule has 4 aromatic rings. The van der Waals surface area contributed by atoms with Crippen molar-refractivity contribution >= 4 is 29.3 Å². The maximum Gasteiger partial charge on any atom is 0.137 e. The summed E-state index contributed by atoms with van der Waals surface area (Å²) in [6.07, 6.45) is 8.10. The fraction of sp³-hybridized carbons (Fsp3) is 0.355. The van der Waals surface area contributed by atoms with Crippen molar-refractivity contribution in [2.24, 2.45) is 9.98 Å². The molecular formula is C31H35N7. The van der Waals surface area contributed by atoms with Crippen LogP contribution in [0.4, 0.5) is 5.69 Å². The number of nitrogens with zero attached hydrogens (tertiary/aromatic N) is 5. The van der Waals surface area contributed by atoms with E-state index in [0.29, 0.717) is 12.5 Å². The SMILES string of the molecule is C=Nc1cncc(C2CC2)c1C(=NCc1ccnc2[nH]c(C(C)(C)c3ccccc3)cc12)N1CCNCC1. The normalized spacial score (nSPS) is 16.7. The smallest absolute Gasteiger partial charge is 0.137 e. The van der Waals surface area contributed by atoms with Crippen LogP contribution in [0, 0.1) is 0 Å². The summed E-state index contributed by atoms with van der Waals surface area (Å²) in [4.78, 5) is 24.8. The lowest BCUT2D eigenvalue weighted by Crippen LogP contribution is -2.47. The lowest BCUT2D eigenvalue weighted by Gasteiger charge is -2.32. The minimum atomic E-state index is -0.171. The van der Waals surface area contributed by atoms with E-state index in [1.54, 1.807) is 0 Å². The van der Waals surface area contributed by atoms with E-state index in [1.165, 1.54) is 24.0 Å². The number of hydrogen-bond acceptors (Lipinski definition) is 5. The fourth-order valence-electron chi connectivity index (χ4n) is 5.47. The highest BCUT2D eigenvalue weighted by Gasteiger charge is 2.31. The number of pyridine rings is 2. The lowest BCUT2D eigenvalue weighted by atomic mass is 9.81. The van der Waals surface area contributed by atoms with Crippen molar-refractivity contribution in [1.29, 1.82) is 0 Å². The van der Waals surface area contributed by atoms with Crippen LogP contribution in [0.15, 0.2) is 71.0 Å². The second kappa shape index (κ2) is 10.1. The molecule has 1 saturated carbocycles. The van der Waals surface area contributed by atoms with Crippen LogP contribution < -0.4 is 5.32 Å². The molecule has 1 aliphatic carbocycles. The molecule has 6 rings (SSSR count). The van der Waals surface area contributed by atoms with E-state index in [2.05, 4.69) is 93.2 Å². The third kappa shape index (κ3) is 4.63. The molecule has 7 heteroatoms. The van der Waals surface area contributed by atoms with E-state index in [0.717, 1.165) is 65.6 Å². The zero-order valence-electron chi connectivity index (χ0n) is 22.2. The number of amidine groups is 1. The summed E-state index contributed by atoms with van der Waals surface area (Å²) < 4.78 is 0. The van der Waals surface area contributed by atoms with E-state index < -0.39 is 0 Å². The molecule has 7 nitrogen and oxygen atoms in total. The highest BCUT2D eigenvalue weighted by atomic mass is 15.2. The number of nitrogens with one attached hydrogen (secondary N) is 2. The molecule has 2 fully saturated rings. The van der Waals surface area contributed by atoms with Gasteiger partial charge in [-0.3, -0.25) is 15.0 Å². The molecule has 4 heterocycles. The predicted octanol–water partition coefficient (Wildman–Crippen LogP) is 5.35. The number of fused-ring (bicyclic) bond motifs is 1. The molecule has 0 unspecified atom stereocenters. The second-order valence-corrected chi connectivity index (χ2v) is 10.8. The van der Waals surface area contributed by atoms with Crippen molar-refractivity contribution in [3.05, 3.63) is 89.0 Å². The molecular weight excluding hydrogens is 470 g/mol. The first kappa shape index (κ1) is 24.5. The molecule has 1 aromatic carbocycles. The van der Waals surface area contributed by atoms with Crippen LogP contribution in [0.25, 0.3) is 11.0 Å². The van der Waals surface area contributed by atoms with E-state index in [1.807, 2.05) is 18.6 Å². The Morgan fingerprint density at radius 1 is 1.11 bits per heavy atom. The van der Waals surface area contributed by atoms with Gasteiger partial charge in [-0.25, -0.2) is 4.98 Å². The summed E-state index contributed by atoms with van der Waals surface area (Å²) in [5.41, 5.74) is 7.47. The van der Waals surface area contributed by atoms with Crippen LogP contribution in [0.2, 0.25) is 0 Å². The van der Waals surface area contributed by atoms with Crippen LogP contribution >= 0.6 is 0 Å². The van der Waals surface area contributed by atoms with Gasteiger partial charge in [0, 0.05) is 60.6 Å². The van der Waals surface area contributed by atoms with Crippen molar-refractivity contribution in [3.63, 3.8) is 0 Å². The summed E-state index contributed by atoms with van der Waals surface area (Å²) in [6.45, 7) is 12.6. The number of rotatable bonds is 7. The van der Waals surface area contributed by atoms with Gasteiger partial charge in [-0.15, -0.1) is 0 Å². The van der Waals surface area contributed by atoms with Gasteiger partial charge < -0.3 is 15.2 Å². The van der Waals surface area contributed by atoms with Gasteiger partial charge >= 0.3 is 0 Å². The lowest BCUT2D eigenvalue weighted by molar-refractivity contribution is 0.357. The van der Waals surface area contributed by atoms with Crippen LogP contribution in [0.5, 0.6) is 0 Å². The molecule has 0 atom stereocenters. The van der Waals surface area contributed by atoms with Crippen molar-refractivity contribution in [2.45, 2.75) is 44.6 Å². The molecule has 38 heavy (non-hydrogen) atoms. The molecule has 1 saturated heterocycles. The van der Waals surface area contributed by atoms with Crippen molar-refractivity contribution in [1.82, 2.24) is 25.2 Å². The number of aromatic nitrogens is 3. The Bertz CT molecular complexity index is 1470. The average Bonchev–Trinajstić information content (AvgIpc) is 3.71. The third-order valence-electron chi connectivity index (χ3n) is 7.97. The number of aromatic amines is 1. The minimum Gasteiger partial charge on any atom is -0.354 e. The topological polar surface area (TPSA) is 81.6 Å². The van der Waals surface area contributed by atoms with E-state index in [4.69, 9.17) is 4.99 Å². The van der Waals surface area contributed by atoms with Gasteiger partial charge in [0.05, 0.1) is 18.4 Å². The predicted molar refractivity (Wildman–Crippen MR) is 155 cm³/mol. The van der Waals surface area contributed by atoms with Gasteiger partial charge in [-0.05, 0) is 54.3 Å². The number of piperazine rings is 1. The Kier molecular flexibility index (Phi) is 6.54.